The fourth-order valence-corrected chi connectivity index (χ4v) is 1.17. The number of carbonyl (C=O) groups is 1. The smallest absolute Gasteiger partial charge is 0.341 e. The molecule has 1 rings (SSSR count). The second kappa shape index (κ2) is 4.00. The summed E-state index contributed by atoms with van der Waals surface area (Å²) >= 11 is 0. The van der Waals surface area contributed by atoms with Gasteiger partial charge in [0.05, 0.1) is 12.3 Å². The van der Waals surface area contributed by atoms with Gasteiger partial charge in [-0.2, -0.15) is 0 Å². The Morgan fingerprint density at radius 2 is 2.21 bits per heavy atom. The summed E-state index contributed by atoms with van der Waals surface area (Å²) in [5.74, 6) is -0.769. The Morgan fingerprint density at radius 3 is 2.79 bits per heavy atom. The van der Waals surface area contributed by atoms with Crippen molar-refractivity contribution in [3.63, 3.8) is 0 Å². The van der Waals surface area contributed by atoms with Crippen molar-refractivity contribution in [2.75, 3.05) is 12.3 Å². The van der Waals surface area contributed by atoms with Gasteiger partial charge in [-0.05, 0) is 31.5 Å². The van der Waals surface area contributed by atoms with Crippen LogP contribution >= 0.6 is 0 Å². The summed E-state index contributed by atoms with van der Waals surface area (Å²) in [6.07, 6.45) is 0. The number of anilines is 1. The molecule has 0 fully saturated rings. The van der Waals surface area contributed by atoms with Crippen LogP contribution in [0.15, 0.2) is 12.1 Å². The van der Waals surface area contributed by atoms with Gasteiger partial charge in [-0.3, -0.25) is 0 Å². The number of aryl methyl sites for hydroxylation is 1. The molecule has 0 saturated heterocycles. The van der Waals surface area contributed by atoms with E-state index >= 15 is 0 Å². The monoisotopic (exact) mass is 195 g/mol. The second-order valence-electron chi connectivity index (χ2n) is 2.97. The SMILES string of the molecule is CCOC(=O)c1cc(C)cc(N)c1O. The lowest BCUT2D eigenvalue weighted by atomic mass is 10.1. The Hall–Kier alpha value is -1.71. The van der Waals surface area contributed by atoms with Gasteiger partial charge in [0.1, 0.15) is 5.56 Å². The van der Waals surface area contributed by atoms with E-state index in [1.54, 1.807) is 26.0 Å². The number of esters is 1. The van der Waals surface area contributed by atoms with Crippen molar-refractivity contribution >= 4 is 11.7 Å². The van der Waals surface area contributed by atoms with Crippen molar-refractivity contribution in [1.29, 1.82) is 0 Å². The Balaban J connectivity index is 3.13. The molecule has 0 saturated carbocycles. The Kier molecular flexibility index (Phi) is 2.96. The minimum atomic E-state index is -0.555. The lowest BCUT2D eigenvalue weighted by Gasteiger charge is -2.07. The van der Waals surface area contributed by atoms with Crippen molar-refractivity contribution in [3.05, 3.63) is 23.3 Å². The van der Waals surface area contributed by atoms with Gasteiger partial charge in [0.25, 0.3) is 0 Å². The van der Waals surface area contributed by atoms with E-state index in [2.05, 4.69) is 0 Å². The zero-order valence-corrected chi connectivity index (χ0v) is 8.20. The number of aromatic hydroxyl groups is 1. The lowest BCUT2D eigenvalue weighted by Crippen LogP contribution is -2.06. The summed E-state index contributed by atoms with van der Waals surface area (Å²) < 4.78 is 4.76. The summed E-state index contributed by atoms with van der Waals surface area (Å²) in [6.45, 7) is 3.76. The number of phenolic OH excluding ortho intramolecular Hbond substituents is 1. The van der Waals surface area contributed by atoms with Crippen LogP contribution in [0, 0.1) is 6.92 Å². The molecule has 14 heavy (non-hydrogen) atoms. The van der Waals surface area contributed by atoms with Crippen LogP contribution < -0.4 is 5.73 Å². The number of nitrogens with two attached hydrogens (primary N) is 1. The van der Waals surface area contributed by atoms with E-state index in [-0.39, 0.29) is 23.6 Å². The molecule has 0 radical (unpaired) electrons. The largest absolute Gasteiger partial charge is 0.505 e. The minimum Gasteiger partial charge on any atom is -0.505 e. The Labute approximate surface area is 82.3 Å². The first-order chi connectivity index (χ1) is 6.56. The molecule has 0 spiro atoms. The maximum atomic E-state index is 11.3. The summed E-state index contributed by atoms with van der Waals surface area (Å²) in [4.78, 5) is 11.3. The fourth-order valence-electron chi connectivity index (χ4n) is 1.17. The molecule has 0 amide bonds. The van der Waals surface area contributed by atoms with Crippen molar-refractivity contribution in [3.8, 4) is 5.75 Å². The van der Waals surface area contributed by atoms with Crippen LogP contribution in [0.2, 0.25) is 0 Å². The number of benzene rings is 1. The fraction of sp³-hybridized carbons (Fsp3) is 0.300. The lowest BCUT2D eigenvalue weighted by molar-refractivity contribution is 0.0523. The van der Waals surface area contributed by atoms with E-state index in [1.165, 1.54) is 0 Å². The van der Waals surface area contributed by atoms with Crippen LogP contribution in [0.1, 0.15) is 22.8 Å². The van der Waals surface area contributed by atoms with Crippen LogP contribution in [0.25, 0.3) is 0 Å². The van der Waals surface area contributed by atoms with Crippen LogP contribution in [-0.2, 0) is 4.74 Å². The normalized spacial score (nSPS) is 9.86. The van der Waals surface area contributed by atoms with Crippen LogP contribution in [0.4, 0.5) is 5.69 Å². The molecule has 0 aliphatic carbocycles. The van der Waals surface area contributed by atoms with Gasteiger partial charge in [0.2, 0.25) is 0 Å². The van der Waals surface area contributed by atoms with E-state index in [0.29, 0.717) is 0 Å². The third-order valence-corrected chi connectivity index (χ3v) is 1.78. The van der Waals surface area contributed by atoms with Crippen LogP contribution in [0.5, 0.6) is 5.75 Å². The highest BCUT2D eigenvalue weighted by molar-refractivity contribution is 5.94. The van der Waals surface area contributed by atoms with Crippen molar-refractivity contribution in [2.24, 2.45) is 0 Å². The summed E-state index contributed by atoms with van der Waals surface area (Å²) in [5, 5.41) is 9.49. The highest BCUT2D eigenvalue weighted by atomic mass is 16.5. The van der Waals surface area contributed by atoms with E-state index in [9.17, 15) is 9.90 Å². The maximum Gasteiger partial charge on any atom is 0.341 e. The quantitative estimate of drug-likeness (QED) is 0.425. The molecule has 4 nitrogen and oxygen atoms in total. The summed E-state index contributed by atoms with van der Waals surface area (Å²) in [6, 6.07) is 3.14. The van der Waals surface area contributed by atoms with E-state index in [1.807, 2.05) is 0 Å². The standard InChI is InChI=1S/C10H13NO3/c1-3-14-10(13)7-4-6(2)5-8(11)9(7)12/h4-5,12H,3,11H2,1-2H3. The molecule has 76 valence electrons. The molecule has 0 unspecified atom stereocenters. The highest BCUT2D eigenvalue weighted by Crippen LogP contribution is 2.27. The van der Waals surface area contributed by atoms with Crippen LogP contribution in [0.3, 0.4) is 0 Å². The molecule has 0 heterocycles. The number of phenols is 1. The first-order valence-corrected chi connectivity index (χ1v) is 4.32. The molecule has 4 heteroatoms. The third kappa shape index (κ3) is 1.96. The number of rotatable bonds is 2. The molecule has 1 aromatic carbocycles. The van der Waals surface area contributed by atoms with Gasteiger partial charge in [0, 0.05) is 0 Å². The number of hydrogen-bond acceptors (Lipinski definition) is 4. The Bertz CT molecular complexity index is 361. The number of carbonyl (C=O) groups excluding carboxylic acids is 1. The first kappa shape index (κ1) is 10.4. The van der Waals surface area contributed by atoms with E-state index < -0.39 is 5.97 Å². The molecule has 0 atom stereocenters. The summed E-state index contributed by atoms with van der Waals surface area (Å²) in [5.41, 5.74) is 6.61. The van der Waals surface area contributed by atoms with E-state index in [4.69, 9.17) is 10.5 Å². The second-order valence-corrected chi connectivity index (χ2v) is 2.97. The molecule has 0 aliphatic heterocycles. The van der Waals surface area contributed by atoms with Gasteiger partial charge in [0.15, 0.2) is 5.75 Å². The van der Waals surface area contributed by atoms with Gasteiger partial charge in [-0.1, -0.05) is 0 Å². The average molecular weight is 195 g/mol. The molecule has 0 aliphatic rings. The number of ether oxygens (including phenoxy) is 1. The zero-order chi connectivity index (χ0) is 10.7. The molecule has 0 bridgehead atoms. The third-order valence-electron chi connectivity index (χ3n) is 1.78. The first-order valence-electron chi connectivity index (χ1n) is 4.32. The highest BCUT2D eigenvalue weighted by Gasteiger charge is 2.14. The van der Waals surface area contributed by atoms with Crippen molar-refractivity contribution < 1.29 is 14.6 Å². The van der Waals surface area contributed by atoms with Crippen molar-refractivity contribution in [2.45, 2.75) is 13.8 Å². The van der Waals surface area contributed by atoms with Gasteiger partial charge in [-0.25, -0.2) is 4.79 Å². The minimum absolute atomic E-state index is 0.115. The van der Waals surface area contributed by atoms with Gasteiger partial charge in [-0.15, -0.1) is 0 Å². The topological polar surface area (TPSA) is 72.5 Å². The predicted octanol–water partition coefficient (Wildman–Crippen LogP) is 1.46. The number of nitrogen functional groups attached to an aromatic ring is 1. The molecular formula is C10H13NO3. The van der Waals surface area contributed by atoms with Crippen LogP contribution in [-0.4, -0.2) is 17.7 Å². The zero-order valence-electron chi connectivity index (χ0n) is 8.20. The molecule has 0 aromatic heterocycles. The summed E-state index contributed by atoms with van der Waals surface area (Å²) in [7, 11) is 0. The molecular weight excluding hydrogens is 182 g/mol. The maximum absolute atomic E-state index is 11.3. The van der Waals surface area contributed by atoms with Gasteiger partial charge < -0.3 is 15.6 Å². The Morgan fingerprint density at radius 1 is 1.57 bits per heavy atom. The number of hydrogen-bond donors (Lipinski definition) is 2. The van der Waals surface area contributed by atoms with E-state index in [0.717, 1.165) is 5.56 Å². The average Bonchev–Trinajstić information content (AvgIpc) is 2.11. The van der Waals surface area contributed by atoms with Crippen molar-refractivity contribution in [1.82, 2.24) is 0 Å². The predicted molar refractivity (Wildman–Crippen MR) is 53.2 cm³/mol. The van der Waals surface area contributed by atoms with Gasteiger partial charge >= 0.3 is 5.97 Å². The molecule has 3 N–H and O–H groups in total. The molecule has 1 aromatic rings.